The Kier molecular flexibility index (Phi) is 5.23. The Morgan fingerprint density at radius 1 is 0.906 bits per heavy atom. The fourth-order valence-electron chi connectivity index (χ4n) is 4.18. The number of aromatic nitrogens is 1. The molecule has 32 heavy (non-hydrogen) atoms. The molecule has 0 aliphatic heterocycles. The topological polar surface area (TPSA) is 68.5 Å². The molecule has 0 bridgehead atoms. The van der Waals surface area contributed by atoms with Gasteiger partial charge in [0.25, 0.3) is 0 Å². The van der Waals surface area contributed by atoms with Crippen LogP contribution in [0.1, 0.15) is 34.5 Å². The number of ether oxygens (including phenoxy) is 1. The summed E-state index contributed by atoms with van der Waals surface area (Å²) in [6, 6.07) is 24.2. The number of nitrogens with zero attached hydrogens (tertiary/aromatic N) is 1. The normalized spacial score (nSPS) is 13.2. The summed E-state index contributed by atoms with van der Waals surface area (Å²) in [7, 11) is 0. The van der Waals surface area contributed by atoms with Gasteiger partial charge in [-0.15, -0.1) is 0 Å². The van der Waals surface area contributed by atoms with Gasteiger partial charge in [0.15, 0.2) is 0 Å². The van der Waals surface area contributed by atoms with Gasteiger partial charge in [-0.25, -0.2) is 0 Å². The maximum absolute atomic E-state index is 13.8. The summed E-state index contributed by atoms with van der Waals surface area (Å²) in [5.41, 5.74) is 2.44. The quantitative estimate of drug-likeness (QED) is 0.368. The number of carboxylic acid groups (broad SMARTS) is 1. The van der Waals surface area contributed by atoms with Crippen molar-refractivity contribution in [3.05, 3.63) is 95.7 Å². The molecule has 0 unspecified atom stereocenters. The lowest BCUT2D eigenvalue weighted by Crippen LogP contribution is -2.15. The van der Waals surface area contributed by atoms with E-state index in [1.165, 1.54) is 0 Å². The Bertz CT molecular complexity index is 1300. The monoisotopic (exact) mass is 425 g/mol. The third-order valence-corrected chi connectivity index (χ3v) is 5.83. The number of carbonyl (C=O) groups excluding carboxylic acids is 1. The largest absolute Gasteiger partial charge is 0.481 e. The first-order valence-electron chi connectivity index (χ1n) is 10.8. The second-order valence-corrected chi connectivity index (χ2v) is 8.24. The van der Waals surface area contributed by atoms with E-state index in [1.54, 1.807) is 18.2 Å². The Balaban J connectivity index is 1.59. The van der Waals surface area contributed by atoms with Gasteiger partial charge in [0.1, 0.15) is 11.5 Å². The maximum Gasteiger partial charge on any atom is 0.307 e. The molecule has 0 spiro atoms. The lowest BCUT2D eigenvalue weighted by atomic mass is 10.0. The van der Waals surface area contributed by atoms with Gasteiger partial charge in [-0.05, 0) is 49.1 Å². The van der Waals surface area contributed by atoms with Crippen molar-refractivity contribution in [1.82, 2.24) is 4.57 Å². The SMILES string of the molecule is O=C(O)Cc1c(C(=O)c2cccc(Oc3ccccc3)c2)n(CC2CC2)c2ccccc12. The summed E-state index contributed by atoms with van der Waals surface area (Å²) >= 11 is 0. The number of hydrogen-bond donors (Lipinski definition) is 1. The number of hydrogen-bond acceptors (Lipinski definition) is 3. The molecule has 1 fully saturated rings. The minimum atomic E-state index is -0.950. The van der Waals surface area contributed by atoms with Crippen LogP contribution in [0.15, 0.2) is 78.9 Å². The van der Waals surface area contributed by atoms with Crippen LogP contribution in [0.5, 0.6) is 11.5 Å². The zero-order valence-electron chi connectivity index (χ0n) is 17.5. The van der Waals surface area contributed by atoms with Crippen LogP contribution < -0.4 is 4.74 Å². The summed E-state index contributed by atoms with van der Waals surface area (Å²) in [5, 5.41) is 10.4. The Morgan fingerprint density at radius 2 is 1.62 bits per heavy atom. The molecule has 0 atom stereocenters. The number of para-hydroxylation sites is 2. The van der Waals surface area contributed by atoms with E-state index in [0.29, 0.717) is 34.2 Å². The van der Waals surface area contributed by atoms with E-state index < -0.39 is 5.97 Å². The number of benzene rings is 3. The molecule has 3 aromatic carbocycles. The van der Waals surface area contributed by atoms with Crippen molar-refractivity contribution in [2.24, 2.45) is 5.92 Å². The van der Waals surface area contributed by atoms with Crippen LogP contribution in [-0.4, -0.2) is 21.4 Å². The Hall–Kier alpha value is -3.86. The summed E-state index contributed by atoms with van der Waals surface area (Å²) in [5.74, 6) is 0.645. The smallest absolute Gasteiger partial charge is 0.307 e. The fraction of sp³-hybridized carbons (Fsp3) is 0.185. The van der Waals surface area contributed by atoms with Crippen LogP contribution in [0, 0.1) is 5.92 Å². The van der Waals surface area contributed by atoms with Crippen molar-refractivity contribution < 1.29 is 19.4 Å². The van der Waals surface area contributed by atoms with Gasteiger partial charge in [0.05, 0.1) is 12.1 Å². The first-order valence-corrected chi connectivity index (χ1v) is 10.8. The summed E-state index contributed by atoms with van der Waals surface area (Å²) in [6.07, 6.45) is 2.07. The van der Waals surface area contributed by atoms with Crippen molar-refractivity contribution in [3.63, 3.8) is 0 Å². The number of aliphatic carboxylic acids is 1. The highest BCUT2D eigenvalue weighted by molar-refractivity contribution is 6.13. The van der Waals surface area contributed by atoms with E-state index in [-0.39, 0.29) is 12.2 Å². The summed E-state index contributed by atoms with van der Waals surface area (Å²) in [6.45, 7) is 0.724. The first kappa shape index (κ1) is 20.1. The first-order chi connectivity index (χ1) is 15.6. The lowest BCUT2D eigenvalue weighted by molar-refractivity contribution is -0.136. The molecule has 1 aliphatic rings. The van der Waals surface area contributed by atoms with Gasteiger partial charge < -0.3 is 14.4 Å². The molecule has 0 radical (unpaired) electrons. The van der Waals surface area contributed by atoms with Gasteiger partial charge >= 0.3 is 5.97 Å². The van der Waals surface area contributed by atoms with Crippen molar-refractivity contribution >= 4 is 22.7 Å². The molecule has 1 heterocycles. The lowest BCUT2D eigenvalue weighted by Gasteiger charge is -2.12. The zero-order valence-corrected chi connectivity index (χ0v) is 17.5. The van der Waals surface area contributed by atoms with Gasteiger partial charge in [-0.1, -0.05) is 48.5 Å². The average molecular weight is 425 g/mol. The molecule has 5 heteroatoms. The third kappa shape index (κ3) is 4.02. The van der Waals surface area contributed by atoms with E-state index in [1.807, 2.05) is 65.2 Å². The highest BCUT2D eigenvalue weighted by atomic mass is 16.5. The van der Waals surface area contributed by atoms with Gasteiger partial charge in [0.2, 0.25) is 5.78 Å². The summed E-state index contributed by atoms with van der Waals surface area (Å²) < 4.78 is 7.94. The second kappa shape index (κ2) is 8.35. The highest BCUT2D eigenvalue weighted by Crippen LogP contribution is 2.36. The van der Waals surface area contributed by atoms with E-state index in [0.717, 1.165) is 30.3 Å². The standard InChI is InChI=1S/C27H23NO4/c29-25(30)16-23-22-11-4-5-12-24(22)28(17-18-13-14-18)26(23)27(31)19-7-6-10-21(15-19)32-20-8-2-1-3-9-20/h1-12,15,18H,13-14,16-17H2,(H,29,30). The number of ketones is 1. The molecule has 4 aromatic rings. The van der Waals surface area contributed by atoms with Crippen molar-refractivity contribution in [2.45, 2.75) is 25.8 Å². The van der Waals surface area contributed by atoms with Gasteiger partial charge in [-0.2, -0.15) is 0 Å². The Labute approximate surface area is 185 Å². The summed E-state index contributed by atoms with van der Waals surface area (Å²) in [4.78, 5) is 25.5. The number of rotatable bonds is 8. The second-order valence-electron chi connectivity index (χ2n) is 8.24. The van der Waals surface area contributed by atoms with Crippen LogP contribution in [0.4, 0.5) is 0 Å². The molecule has 1 saturated carbocycles. The van der Waals surface area contributed by atoms with Crippen molar-refractivity contribution in [2.75, 3.05) is 0 Å². The fourth-order valence-corrected chi connectivity index (χ4v) is 4.18. The van der Waals surface area contributed by atoms with Crippen molar-refractivity contribution in [1.29, 1.82) is 0 Å². The molecule has 160 valence electrons. The number of fused-ring (bicyclic) bond motifs is 1. The van der Waals surface area contributed by atoms with Crippen LogP contribution in [0.2, 0.25) is 0 Å². The van der Waals surface area contributed by atoms with E-state index in [9.17, 15) is 14.7 Å². The van der Waals surface area contributed by atoms with E-state index >= 15 is 0 Å². The van der Waals surface area contributed by atoms with Crippen LogP contribution in [0.25, 0.3) is 10.9 Å². The molecule has 0 saturated heterocycles. The molecule has 5 nitrogen and oxygen atoms in total. The minimum Gasteiger partial charge on any atom is -0.481 e. The van der Waals surface area contributed by atoms with Crippen LogP contribution >= 0.6 is 0 Å². The van der Waals surface area contributed by atoms with Gasteiger partial charge in [-0.3, -0.25) is 9.59 Å². The molecule has 1 aliphatic carbocycles. The molecule has 1 aromatic heterocycles. The predicted octanol–water partition coefficient (Wildman–Crippen LogP) is 5.70. The maximum atomic E-state index is 13.8. The van der Waals surface area contributed by atoms with Crippen molar-refractivity contribution in [3.8, 4) is 11.5 Å². The zero-order chi connectivity index (χ0) is 22.1. The molecule has 1 N–H and O–H groups in total. The van der Waals surface area contributed by atoms with Crippen LogP contribution in [0.3, 0.4) is 0 Å². The third-order valence-electron chi connectivity index (χ3n) is 5.83. The molecule has 0 amide bonds. The van der Waals surface area contributed by atoms with Gasteiger partial charge in [0, 0.05) is 28.6 Å². The molecular formula is C27H23NO4. The van der Waals surface area contributed by atoms with Crippen LogP contribution in [-0.2, 0) is 17.8 Å². The molecular weight excluding hydrogens is 402 g/mol. The Morgan fingerprint density at radius 3 is 2.38 bits per heavy atom. The number of carboxylic acids is 1. The average Bonchev–Trinajstić information content (AvgIpc) is 3.57. The molecule has 5 rings (SSSR count). The number of carbonyl (C=O) groups is 2. The predicted molar refractivity (Wildman–Crippen MR) is 122 cm³/mol. The minimum absolute atomic E-state index is 0.184. The van der Waals surface area contributed by atoms with E-state index in [4.69, 9.17) is 4.74 Å². The highest BCUT2D eigenvalue weighted by Gasteiger charge is 2.29. The van der Waals surface area contributed by atoms with E-state index in [2.05, 4.69) is 0 Å².